The van der Waals surface area contributed by atoms with Crippen LogP contribution in [0.25, 0.3) is 0 Å². The van der Waals surface area contributed by atoms with Crippen LogP contribution in [-0.2, 0) is 26.5 Å². The third-order valence-corrected chi connectivity index (χ3v) is 5.18. The van der Waals surface area contributed by atoms with Gasteiger partial charge in [-0.25, -0.2) is 0 Å². The first-order valence-electron chi connectivity index (χ1n) is 9.02. The van der Waals surface area contributed by atoms with Gasteiger partial charge >= 0.3 is 11.9 Å². The fourth-order valence-corrected chi connectivity index (χ4v) is 3.71. The maximum absolute atomic E-state index is 11.5. The van der Waals surface area contributed by atoms with Crippen LogP contribution in [0.2, 0.25) is 0 Å². The number of hydrogen-bond acceptors (Lipinski definition) is 9. The number of fused-ring (bicyclic) bond motifs is 1. The molecule has 2 aromatic heterocycles. The molecule has 0 fully saturated rings. The van der Waals surface area contributed by atoms with E-state index in [1.165, 1.54) is 11.8 Å². The monoisotopic (exact) mass is 419 g/mol. The number of pyridine rings is 1. The number of aromatic nitrogens is 3. The van der Waals surface area contributed by atoms with Gasteiger partial charge in [0.25, 0.3) is 0 Å². The summed E-state index contributed by atoms with van der Waals surface area (Å²) in [5.41, 5.74) is 3.95. The topological polar surface area (TPSA) is 121 Å². The van der Waals surface area contributed by atoms with Crippen LogP contribution in [0.4, 0.5) is 0 Å². The Labute approximate surface area is 171 Å². The SMILES string of the molecule is Cc1ccnc(C)c1CSc1nc2c(c(OCOC(=O)CCC(=O)O)n1)CCO2. The Kier molecular flexibility index (Phi) is 6.86. The highest BCUT2D eigenvalue weighted by molar-refractivity contribution is 7.98. The fraction of sp³-hybridized carbons (Fsp3) is 0.421. The first-order valence-corrected chi connectivity index (χ1v) is 10.0. The molecule has 3 rings (SSSR count). The Hall–Kier alpha value is -2.88. The Morgan fingerprint density at radius 2 is 2.10 bits per heavy atom. The van der Waals surface area contributed by atoms with E-state index in [1.807, 2.05) is 19.9 Å². The van der Waals surface area contributed by atoms with Crippen molar-refractivity contribution in [2.45, 2.75) is 44.0 Å². The van der Waals surface area contributed by atoms with Crippen LogP contribution >= 0.6 is 11.8 Å². The van der Waals surface area contributed by atoms with Crippen molar-refractivity contribution < 1.29 is 28.9 Å². The Morgan fingerprint density at radius 3 is 2.86 bits per heavy atom. The molecule has 0 bridgehead atoms. The Morgan fingerprint density at radius 1 is 1.28 bits per heavy atom. The molecule has 29 heavy (non-hydrogen) atoms. The van der Waals surface area contributed by atoms with E-state index in [4.69, 9.17) is 19.3 Å². The third-order valence-electron chi connectivity index (χ3n) is 4.31. The summed E-state index contributed by atoms with van der Waals surface area (Å²) in [6.45, 7) is 4.12. The molecule has 3 heterocycles. The largest absolute Gasteiger partial charge is 0.481 e. The van der Waals surface area contributed by atoms with Crippen LogP contribution in [0, 0.1) is 13.8 Å². The van der Waals surface area contributed by atoms with E-state index in [2.05, 4.69) is 15.0 Å². The van der Waals surface area contributed by atoms with Crippen molar-refractivity contribution >= 4 is 23.7 Å². The standard InChI is InChI=1S/C19H21N3O6S/c1-11-5-7-20-12(2)14(11)9-29-19-21-17-13(6-8-26-17)18(22-19)28-10-27-16(25)4-3-15(23)24/h5,7H,3-4,6,8-10H2,1-2H3,(H,23,24). The molecule has 1 N–H and O–H groups in total. The van der Waals surface area contributed by atoms with E-state index in [0.29, 0.717) is 35.7 Å². The van der Waals surface area contributed by atoms with Gasteiger partial charge < -0.3 is 19.3 Å². The zero-order valence-corrected chi connectivity index (χ0v) is 17.0. The fourth-order valence-electron chi connectivity index (χ4n) is 2.70. The first kappa shape index (κ1) is 20.8. The van der Waals surface area contributed by atoms with Crippen molar-refractivity contribution in [2.75, 3.05) is 13.4 Å². The number of carboxylic acids is 1. The molecule has 0 amide bonds. The van der Waals surface area contributed by atoms with Crippen LogP contribution in [0.3, 0.4) is 0 Å². The molecule has 1 aliphatic heterocycles. The number of carbonyl (C=O) groups excluding carboxylic acids is 1. The summed E-state index contributed by atoms with van der Waals surface area (Å²) in [7, 11) is 0. The smallest absolute Gasteiger partial charge is 0.309 e. The van der Waals surface area contributed by atoms with Crippen LogP contribution in [-0.4, -0.2) is 45.4 Å². The summed E-state index contributed by atoms with van der Waals surface area (Å²) in [5.74, 6) is -0.288. The number of nitrogens with zero attached hydrogens (tertiary/aromatic N) is 3. The number of rotatable bonds is 9. The van der Waals surface area contributed by atoms with Gasteiger partial charge in [-0.1, -0.05) is 11.8 Å². The second-order valence-electron chi connectivity index (χ2n) is 6.35. The molecule has 2 aromatic rings. The number of hydrogen-bond donors (Lipinski definition) is 1. The second-order valence-corrected chi connectivity index (χ2v) is 7.29. The van der Waals surface area contributed by atoms with Crippen molar-refractivity contribution in [1.29, 1.82) is 0 Å². The van der Waals surface area contributed by atoms with Crippen molar-refractivity contribution in [3.05, 3.63) is 34.6 Å². The number of esters is 1. The maximum atomic E-state index is 11.5. The maximum Gasteiger partial charge on any atom is 0.309 e. The molecule has 154 valence electrons. The second kappa shape index (κ2) is 9.55. The molecule has 0 aliphatic carbocycles. The van der Waals surface area contributed by atoms with Crippen molar-refractivity contribution in [3.8, 4) is 11.8 Å². The summed E-state index contributed by atoms with van der Waals surface area (Å²) in [6.07, 6.45) is 1.88. The van der Waals surface area contributed by atoms with Crippen LogP contribution in [0.1, 0.15) is 35.2 Å². The number of aryl methyl sites for hydroxylation is 2. The lowest BCUT2D eigenvalue weighted by molar-refractivity contribution is -0.153. The predicted octanol–water partition coefficient (Wildman–Crippen LogP) is 2.46. The van der Waals surface area contributed by atoms with E-state index in [9.17, 15) is 9.59 Å². The molecular weight excluding hydrogens is 398 g/mol. The average Bonchev–Trinajstić information content (AvgIpc) is 3.15. The van der Waals surface area contributed by atoms with Gasteiger partial charge in [-0.3, -0.25) is 14.6 Å². The normalized spacial score (nSPS) is 12.2. The molecule has 0 saturated carbocycles. The highest BCUT2D eigenvalue weighted by Crippen LogP contribution is 2.34. The van der Waals surface area contributed by atoms with Crippen LogP contribution in [0.5, 0.6) is 11.8 Å². The minimum absolute atomic E-state index is 0.214. The molecule has 0 spiro atoms. The first-order chi connectivity index (χ1) is 13.9. The zero-order valence-electron chi connectivity index (χ0n) is 16.1. The molecule has 0 unspecified atom stereocenters. The summed E-state index contributed by atoms with van der Waals surface area (Å²) in [6, 6.07) is 1.96. The van der Waals surface area contributed by atoms with E-state index < -0.39 is 11.9 Å². The molecule has 9 nitrogen and oxygen atoms in total. The van der Waals surface area contributed by atoms with Gasteiger partial charge in [0.05, 0.1) is 25.0 Å². The predicted molar refractivity (Wildman–Crippen MR) is 103 cm³/mol. The molecule has 0 saturated heterocycles. The van der Waals surface area contributed by atoms with E-state index >= 15 is 0 Å². The molecule has 10 heteroatoms. The highest BCUT2D eigenvalue weighted by Gasteiger charge is 2.23. The van der Waals surface area contributed by atoms with Gasteiger partial charge in [-0.05, 0) is 31.0 Å². The van der Waals surface area contributed by atoms with Crippen molar-refractivity contribution in [2.24, 2.45) is 0 Å². The van der Waals surface area contributed by atoms with Crippen molar-refractivity contribution in [1.82, 2.24) is 15.0 Å². The summed E-state index contributed by atoms with van der Waals surface area (Å²) in [5, 5.41) is 9.08. The minimum atomic E-state index is -1.06. The number of carboxylic acid groups (broad SMARTS) is 1. The van der Waals surface area contributed by atoms with Crippen LogP contribution < -0.4 is 9.47 Å². The molecule has 1 aliphatic rings. The number of carbonyl (C=O) groups is 2. The van der Waals surface area contributed by atoms with Gasteiger partial charge in [-0.15, -0.1) is 0 Å². The summed E-state index contributed by atoms with van der Waals surface area (Å²) < 4.78 is 16.0. The van der Waals surface area contributed by atoms with E-state index in [0.717, 1.165) is 22.4 Å². The van der Waals surface area contributed by atoms with Gasteiger partial charge in [-0.2, -0.15) is 9.97 Å². The Bertz CT molecular complexity index is 901. The number of thioether (sulfide) groups is 1. The van der Waals surface area contributed by atoms with Crippen LogP contribution in [0.15, 0.2) is 17.4 Å². The zero-order chi connectivity index (χ0) is 20.8. The Balaban J connectivity index is 1.65. The highest BCUT2D eigenvalue weighted by atomic mass is 32.2. The molecular formula is C19H21N3O6S. The summed E-state index contributed by atoms with van der Waals surface area (Å²) >= 11 is 1.44. The van der Waals surface area contributed by atoms with Crippen molar-refractivity contribution in [3.63, 3.8) is 0 Å². The minimum Gasteiger partial charge on any atom is -0.481 e. The van der Waals surface area contributed by atoms with E-state index in [1.54, 1.807) is 6.20 Å². The van der Waals surface area contributed by atoms with E-state index in [-0.39, 0.29) is 19.6 Å². The quantitative estimate of drug-likeness (QED) is 0.281. The third kappa shape index (κ3) is 5.57. The average molecular weight is 419 g/mol. The lowest BCUT2D eigenvalue weighted by Gasteiger charge is -2.11. The molecule has 0 radical (unpaired) electrons. The van der Waals surface area contributed by atoms with Gasteiger partial charge in [0.1, 0.15) is 0 Å². The number of ether oxygens (including phenoxy) is 3. The lowest BCUT2D eigenvalue weighted by Crippen LogP contribution is -2.13. The van der Waals surface area contributed by atoms with Gasteiger partial charge in [0.15, 0.2) is 5.16 Å². The molecule has 0 aromatic carbocycles. The van der Waals surface area contributed by atoms with Gasteiger partial charge in [0, 0.05) is 24.1 Å². The molecule has 0 atom stereocenters. The van der Waals surface area contributed by atoms with Gasteiger partial charge in [0.2, 0.25) is 18.6 Å². The lowest BCUT2D eigenvalue weighted by atomic mass is 10.1. The number of aliphatic carboxylic acids is 1. The summed E-state index contributed by atoms with van der Waals surface area (Å²) in [4.78, 5) is 35.2.